The molecule has 0 aromatic heterocycles. The van der Waals surface area contributed by atoms with Gasteiger partial charge < -0.3 is 11.8 Å². The summed E-state index contributed by atoms with van der Waals surface area (Å²) < 4.78 is 0. The van der Waals surface area contributed by atoms with E-state index in [1.165, 1.54) is 0 Å². The maximum Gasteiger partial charge on any atom is 1.00 e. The van der Waals surface area contributed by atoms with E-state index >= 15 is 0 Å². The van der Waals surface area contributed by atoms with Crippen LogP contribution in [-0.2, 0) is 4.79 Å². The van der Waals surface area contributed by atoms with Gasteiger partial charge >= 0.3 is 57.4 Å². The van der Waals surface area contributed by atoms with Crippen LogP contribution in [0.3, 0.4) is 0 Å². The minimum Gasteiger partial charge on any atom is -1.00 e. The van der Waals surface area contributed by atoms with Crippen molar-refractivity contribution in [3.63, 3.8) is 0 Å². The molecule has 0 aromatic rings. The topological polar surface area (TPSA) is 49.3 Å². The smallest absolute Gasteiger partial charge is 1.00 e. The quantitative estimate of drug-likeness (QED) is 0.400. The van der Waals surface area contributed by atoms with Crippen LogP contribution in [-0.4, -0.2) is 24.2 Å². The van der Waals surface area contributed by atoms with E-state index in [-0.39, 0.29) is 52.8 Å². The van der Waals surface area contributed by atoms with Crippen molar-refractivity contribution >= 4 is 5.97 Å². The summed E-state index contributed by atoms with van der Waals surface area (Å²) in [5, 5.41) is 10.7. The standard InChI is InChI=1S/C4H9NO2.K.H/c1-3(5-2)4(6)7;;/h3,5H,1-2H3,(H,6,7);;/q;+1;-1. The van der Waals surface area contributed by atoms with Crippen molar-refractivity contribution in [3.8, 4) is 0 Å². The zero-order chi connectivity index (χ0) is 5.86. The van der Waals surface area contributed by atoms with Gasteiger partial charge in [0.25, 0.3) is 0 Å². The third-order valence-electron chi connectivity index (χ3n) is 0.803. The Labute approximate surface area is 92.7 Å². The first-order chi connectivity index (χ1) is 3.18. The maximum absolute atomic E-state index is 9.87. The second-order valence-electron chi connectivity index (χ2n) is 1.35. The molecule has 1 unspecified atom stereocenters. The molecule has 2 N–H and O–H groups in total. The average molecular weight is 143 g/mol. The number of likely N-dealkylation sites (N-methyl/N-ethyl adjacent to an activating group) is 1. The Morgan fingerprint density at radius 2 is 2.25 bits per heavy atom. The van der Waals surface area contributed by atoms with Crippen LogP contribution in [0.15, 0.2) is 0 Å². The molecule has 0 aliphatic rings. The molecule has 0 fully saturated rings. The molecule has 0 amide bonds. The molecule has 0 bridgehead atoms. The third kappa shape index (κ3) is 5.21. The fourth-order valence-electron chi connectivity index (χ4n) is 0.123. The van der Waals surface area contributed by atoms with E-state index in [0.717, 1.165) is 0 Å². The van der Waals surface area contributed by atoms with Gasteiger partial charge in [-0.25, -0.2) is 0 Å². The van der Waals surface area contributed by atoms with E-state index in [9.17, 15) is 4.79 Å². The number of carboxylic acids is 1. The van der Waals surface area contributed by atoms with Crippen LogP contribution in [0, 0.1) is 0 Å². The molecule has 1 atom stereocenters. The normalized spacial score (nSPS) is 11.8. The largest absolute Gasteiger partial charge is 1.00 e. The molecule has 0 saturated carbocycles. The first kappa shape index (κ1) is 11.8. The van der Waals surface area contributed by atoms with E-state index in [4.69, 9.17) is 5.11 Å². The van der Waals surface area contributed by atoms with Crippen LogP contribution in [0.5, 0.6) is 0 Å². The van der Waals surface area contributed by atoms with E-state index in [0.29, 0.717) is 0 Å². The van der Waals surface area contributed by atoms with Crippen molar-refractivity contribution in [1.29, 1.82) is 0 Å². The molecule has 4 heteroatoms. The van der Waals surface area contributed by atoms with Crippen molar-refractivity contribution in [2.75, 3.05) is 7.05 Å². The van der Waals surface area contributed by atoms with Crippen molar-refractivity contribution < 1.29 is 62.7 Å². The molecule has 0 aromatic carbocycles. The van der Waals surface area contributed by atoms with Gasteiger partial charge in [-0.3, -0.25) is 4.79 Å². The number of hydrogen-bond donors (Lipinski definition) is 2. The van der Waals surface area contributed by atoms with Gasteiger partial charge in [-0.2, -0.15) is 0 Å². The summed E-state index contributed by atoms with van der Waals surface area (Å²) >= 11 is 0. The Hall–Kier alpha value is 1.07. The molecule has 0 spiro atoms. The molecule has 0 rings (SSSR count). The SMILES string of the molecule is CNC(C)C(=O)O.[H-].[K+]. The number of aliphatic carboxylic acids is 1. The van der Waals surface area contributed by atoms with Crippen LogP contribution in [0.4, 0.5) is 0 Å². The van der Waals surface area contributed by atoms with Gasteiger partial charge in [-0.1, -0.05) is 0 Å². The van der Waals surface area contributed by atoms with Crippen molar-refractivity contribution in [1.82, 2.24) is 5.32 Å². The Kier molecular flexibility index (Phi) is 9.14. The molecule has 0 heterocycles. The minimum absolute atomic E-state index is 0. The maximum atomic E-state index is 9.87. The average Bonchev–Trinajstić information content (AvgIpc) is 1.65. The van der Waals surface area contributed by atoms with Gasteiger partial charge in [0.1, 0.15) is 6.04 Å². The number of carbonyl (C=O) groups is 1. The monoisotopic (exact) mass is 143 g/mol. The molecule has 8 heavy (non-hydrogen) atoms. The molecule has 0 aliphatic heterocycles. The first-order valence-corrected chi connectivity index (χ1v) is 2.08. The predicted octanol–water partition coefficient (Wildman–Crippen LogP) is -3.20. The minimum atomic E-state index is -0.817. The Morgan fingerprint density at radius 1 is 1.88 bits per heavy atom. The second-order valence-corrected chi connectivity index (χ2v) is 1.35. The Morgan fingerprint density at radius 3 is 2.25 bits per heavy atom. The van der Waals surface area contributed by atoms with Crippen LogP contribution >= 0.6 is 0 Å². The molecule has 44 valence electrons. The van der Waals surface area contributed by atoms with Gasteiger partial charge in [0.05, 0.1) is 0 Å². The van der Waals surface area contributed by atoms with Crippen molar-refractivity contribution in [2.24, 2.45) is 0 Å². The van der Waals surface area contributed by atoms with Crippen LogP contribution in [0.1, 0.15) is 8.35 Å². The van der Waals surface area contributed by atoms with Crippen molar-refractivity contribution in [3.05, 3.63) is 0 Å². The molecule has 0 radical (unpaired) electrons. The van der Waals surface area contributed by atoms with Crippen LogP contribution < -0.4 is 56.7 Å². The summed E-state index contributed by atoms with van der Waals surface area (Å²) in [6.45, 7) is 1.59. The fraction of sp³-hybridized carbons (Fsp3) is 0.750. The van der Waals surface area contributed by atoms with Crippen LogP contribution in [0.2, 0.25) is 0 Å². The van der Waals surface area contributed by atoms with Gasteiger partial charge in [0.15, 0.2) is 0 Å². The molecule has 0 aliphatic carbocycles. The number of rotatable bonds is 2. The first-order valence-electron chi connectivity index (χ1n) is 2.08. The van der Waals surface area contributed by atoms with Gasteiger partial charge in [0, 0.05) is 0 Å². The van der Waals surface area contributed by atoms with Gasteiger partial charge in [-0.15, -0.1) is 0 Å². The van der Waals surface area contributed by atoms with Gasteiger partial charge in [-0.05, 0) is 14.0 Å². The number of hydrogen-bond acceptors (Lipinski definition) is 2. The molecular weight excluding hydrogens is 133 g/mol. The molecule has 3 nitrogen and oxygen atoms in total. The summed E-state index contributed by atoms with van der Waals surface area (Å²) in [4.78, 5) is 9.87. The van der Waals surface area contributed by atoms with Gasteiger partial charge in [0.2, 0.25) is 0 Å². The van der Waals surface area contributed by atoms with Crippen molar-refractivity contribution in [2.45, 2.75) is 13.0 Å². The zero-order valence-corrected chi connectivity index (χ0v) is 8.56. The Bertz CT molecular complexity index is 81.0. The Balaban J connectivity index is -0.000000180. The fourth-order valence-corrected chi connectivity index (χ4v) is 0.123. The zero-order valence-electron chi connectivity index (χ0n) is 6.43. The summed E-state index contributed by atoms with van der Waals surface area (Å²) in [6, 6.07) is -0.431. The molecule has 0 saturated heterocycles. The summed E-state index contributed by atoms with van der Waals surface area (Å²) in [5.41, 5.74) is 0. The summed E-state index contributed by atoms with van der Waals surface area (Å²) in [6.07, 6.45) is 0. The predicted molar refractivity (Wildman–Crippen MR) is 27.3 cm³/mol. The van der Waals surface area contributed by atoms with E-state index in [2.05, 4.69) is 5.32 Å². The van der Waals surface area contributed by atoms with E-state index in [1.54, 1.807) is 14.0 Å². The second kappa shape index (κ2) is 6.19. The van der Waals surface area contributed by atoms with E-state index < -0.39 is 12.0 Å². The number of nitrogens with one attached hydrogen (secondary N) is 1. The summed E-state index contributed by atoms with van der Waals surface area (Å²) in [7, 11) is 1.61. The van der Waals surface area contributed by atoms with Crippen LogP contribution in [0.25, 0.3) is 0 Å². The number of carboxylic acid groups (broad SMARTS) is 1. The molecular formula is C4H10KNO2. The third-order valence-corrected chi connectivity index (χ3v) is 0.803. The van der Waals surface area contributed by atoms with E-state index in [1.807, 2.05) is 0 Å². The summed E-state index contributed by atoms with van der Waals surface area (Å²) in [5.74, 6) is -0.817.